The minimum absolute atomic E-state index is 0. The van der Waals surface area contributed by atoms with Crippen LogP contribution in [-0.4, -0.2) is 5.97 Å². The second-order valence-electron chi connectivity index (χ2n) is 6.16. The maximum Gasteiger partial charge on any atom is 1.00 e. The summed E-state index contributed by atoms with van der Waals surface area (Å²) in [5.41, 5.74) is 0. The third-order valence-corrected chi connectivity index (χ3v) is 4.08. The Morgan fingerprint density at radius 1 is 0.682 bits per heavy atom. The molecule has 0 saturated carbocycles. The number of rotatable bonds is 16. The molecule has 0 aliphatic carbocycles. The number of carbonyl (C=O) groups excluding carboxylic acids is 1. The fourth-order valence-electron chi connectivity index (χ4n) is 2.68. The number of unbranched alkanes of at least 4 members (excludes halogenated alkanes) is 14. The van der Waals surface area contributed by atoms with Gasteiger partial charge < -0.3 is 10.1 Å². The van der Waals surface area contributed by atoms with Gasteiger partial charge in [0.05, 0.1) is 0 Å². The maximum atomic E-state index is 10.6. The molecule has 3 nitrogen and oxygen atoms in total. The summed E-state index contributed by atoms with van der Waals surface area (Å²) >= 11 is 0. The Bertz CT molecular complexity index is 222. The predicted molar refractivity (Wildman–Crippen MR) is 85.6 cm³/mol. The van der Waals surface area contributed by atoms with Gasteiger partial charge in [0.2, 0.25) is 0 Å². The molecule has 0 spiro atoms. The molecule has 0 aromatic heterocycles. The molecule has 0 unspecified atom stereocenters. The van der Waals surface area contributed by atoms with Crippen molar-refractivity contribution in [1.29, 1.82) is 0 Å². The predicted octanol–water partition coefficient (Wildman–Crippen LogP) is 2.07. The van der Waals surface area contributed by atoms with E-state index in [1.54, 1.807) is 0 Å². The second-order valence-corrected chi connectivity index (χ2v) is 6.16. The molecule has 0 aromatic rings. The van der Waals surface area contributed by atoms with Crippen LogP contribution in [-0.2, 0) is 9.68 Å². The summed E-state index contributed by atoms with van der Waals surface area (Å²) < 4.78 is 0. The van der Waals surface area contributed by atoms with Crippen LogP contribution in [0.15, 0.2) is 0 Å². The van der Waals surface area contributed by atoms with Crippen LogP contribution in [0.25, 0.3) is 0 Å². The number of hydrogen-bond donors (Lipinski definition) is 0. The summed E-state index contributed by atoms with van der Waals surface area (Å²) in [4.78, 5) is 14.0. The summed E-state index contributed by atoms with van der Waals surface area (Å²) in [6, 6.07) is 0. The molecule has 0 amide bonds. The zero-order valence-corrected chi connectivity index (χ0v) is 17.0. The fraction of sp³-hybridized carbons (Fsp3) is 0.944. The molecule has 0 heterocycles. The van der Waals surface area contributed by atoms with Gasteiger partial charge in [0.25, 0.3) is 5.97 Å². The van der Waals surface area contributed by atoms with Crippen molar-refractivity contribution in [2.45, 2.75) is 110 Å². The quantitative estimate of drug-likeness (QED) is 0.189. The molecule has 126 valence electrons. The molecule has 0 bridgehead atoms. The van der Waals surface area contributed by atoms with Crippen molar-refractivity contribution in [3.05, 3.63) is 0 Å². The first-order valence-corrected chi connectivity index (χ1v) is 9.14. The molecule has 0 radical (unpaired) electrons. The molecule has 0 fully saturated rings. The van der Waals surface area contributed by atoms with Gasteiger partial charge in [0, 0.05) is 6.42 Å². The van der Waals surface area contributed by atoms with Gasteiger partial charge in [-0.2, -0.15) is 0 Å². The Hall–Kier alpha value is 0.430. The first kappa shape index (κ1) is 24.7. The van der Waals surface area contributed by atoms with Crippen molar-refractivity contribution < 1.29 is 44.5 Å². The van der Waals surface area contributed by atoms with Gasteiger partial charge in [0.15, 0.2) is 0 Å². The average Bonchev–Trinajstić information content (AvgIpc) is 2.50. The van der Waals surface area contributed by atoms with Crippen molar-refractivity contribution >= 4 is 5.97 Å². The van der Waals surface area contributed by atoms with Gasteiger partial charge in [-0.1, -0.05) is 96.8 Å². The van der Waals surface area contributed by atoms with Gasteiger partial charge >= 0.3 is 29.6 Å². The van der Waals surface area contributed by atoms with Crippen molar-refractivity contribution in [3.63, 3.8) is 0 Å². The van der Waals surface area contributed by atoms with Crippen LogP contribution in [0.4, 0.5) is 0 Å². The molecule has 4 heteroatoms. The van der Waals surface area contributed by atoms with Crippen LogP contribution in [0.2, 0.25) is 0 Å². The second kappa shape index (κ2) is 21.4. The summed E-state index contributed by atoms with van der Waals surface area (Å²) in [6.45, 7) is 2.26. The third kappa shape index (κ3) is 20.4. The van der Waals surface area contributed by atoms with E-state index in [1.807, 2.05) is 0 Å². The van der Waals surface area contributed by atoms with E-state index >= 15 is 0 Å². The van der Waals surface area contributed by atoms with E-state index in [4.69, 9.17) is 0 Å². The molecule has 22 heavy (non-hydrogen) atoms. The van der Waals surface area contributed by atoms with Gasteiger partial charge in [-0.05, 0) is 6.42 Å². The van der Waals surface area contributed by atoms with Gasteiger partial charge in [-0.15, -0.1) is 0 Å². The first-order valence-electron chi connectivity index (χ1n) is 9.14. The Morgan fingerprint density at radius 3 is 1.32 bits per heavy atom. The van der Waals surface area contributed by atoms with E-state index in [-0.39, 0.29) is 36.0 Å². The molecule has 0 aliphatic rings. The van der Waals surface area contributed by atoms with Gasteiger partial charge in [-0.3, -0.25) is 4.79 Å². The van der Waals surface area contributed by atoms with Crippen LogP contribution in [0.1, 0.15) is 110 Å². The third-order valence-electron chi connectivity index (χ3n) is 4.08. The standard InChI is InChI=1S/C18H36O3.Na/c1-2-3-4-5-6-7-8-9-10-11-12-13-14-15-16-17-18(19)21-20;/h20H,2-17H2,1H3;/q;+1/p-1. The first-order chi connectivity index (χ1) is 10.3. The van der Waals surface area contributed by atoms with Crippen LogP contribution in [0.5, 0.6) is 0 Å². The molecule has 0 aromatic carbocycles. The van der Waals surface area contributed by atoms with Crippen LogP contribution < -0.4 is 34.8 Å². The normalized spacial score (nSPS) is 10.3. The smallest absolute Gasteiger partial charge is 0.662 e. The molecular weight excluding hydrogens is 287 g/mol. The van der Waals surface area contributed by atoms with E-state index in [9.17, 15) is 10.1 Å². The zero-order valence-electron chi connectivity index (χ0n) is 15.0. The molecule has 0 N–H and O–H groups in total. The average molecular weight is 322 g/mol. The molecule has 0 atom stereocenters. The molecule has 0 aliphatic heterocycles. The summed E-state index contributed by atoms with van der Waals surface area (Å²) in [7, 11) is 0. The Morgan fingerprint density at radius 2 is 1.00 bits per heavy atom. The Labute approximate surface area is 159 Å². The van der Waals surface area contributed by atoms with Crippen LogP contribution in [0, 0.1) is 0 Å². The monoisotopic (exact) mass is 322 g/mol. The minimum Gasteiger partial charge on any atom is -0.662 e. The van der Waals surface area contributed by atoms with Crippen molar-refractivity contribution in [3.8, 4) is 0 Å². The SMILES string of the molecule is CCCCCCCCCCCCCCCCCC(=O)O[O-].[Na+]. The van der Waals surface area contributed by atoms with E-state index in [2.05, 4.69) is 11.8 Å². The fourth-order valence-corrected chi connectivity index (χ4v) is 2.68. The summed E-state index contributed by atoms with van der Waals surface area (Å²) in [6.07, 6.45) is 19.8. The maximum absolute atomic E-state index is 10.6. The van der Waals surface area contributed by atoms with Crippen molar-refractivity contribution in [2.75, 3.05) is 0 Å². The summed E-state index contributed by atoms with van der Waals surface area (Å²) in [5.74, 6) is -0.621. The van der Waals surface area contributed by atoms with E-state index in [0.717, 1.165) is 12.8 Å². The van der Waals surface area contributed by atoms with Crippen molar-refractivity contribution in [2.24, 2.45) is 0 Å². The summed E-state index contributed by atoms with van der Waals surface area (Å²) in [5, 5.41) is 9.76. The van der Waals surface area contributed by atoms with Gasteiger partial charge in [-0.25, -0.2) is 0 Å². The minimum atomic E-state index is -0.621. The van der Waals surface area contributed by atoms with E-state index in [1.165, 1.54) is 83.5 Å². The Balaban J connectivity index is 0. The number of hydrogen-bond acceptors (Lipinski definition) is 3. The largest absolute Gasteiger partial charge is 1.00 e. The number of carbonyl (C=O) groups is 1. The van der Waals surface area contributed by atoms with E-state index in [0.29, 0.717) is 0 Å². The van der Waals surface area contributed by atoms with Crippen LogP contribution >= 0.6 is 0 Å². The van der Waals surface area contributed by atoms with Crippen molar-refractivity contribution in [1.82, 2.24) is 0 Å². The zero-order chi connectivity index (χ0) is 15.6. The van der Waals surface area contributed by atoms with E-state index < -0.39 is 5.97 Å². The molecular formula is C18H35NaO3. The molecule has 0 rings (SSSR count). The Kier molecular flexibility index (Phi) is 24.0. The topological polar surface area (TPSA) is 49.4 Å². The van der Waals surface area contributed by atoms with Crippen LogP contribution in [0.3, 0.4) is 0 Å². The van der Waals surface area contributed by atoms with Gasteiger partial charge in [0.1, 0.15) is 0 Å². The molecule has 0 saturated heterocycles.